The molecule has 3 rings (SSSR count). The maximum atomic E-state index is 12.5. The highest BCUT2D eigenvalue weighted by atomic mass is 16.5. The number of amides is 2. The van der Waals surface area contributed by atoms with Crippen molar-refractivity contribution in [1.82, 2.24) is 15.6 Å². The number of para-hydroxylation sites is 1. The minimum atomic E-state index is -0.640. The van der Waals surface area contributed by atoms with E-state index in [0.717, 1.165) is 11.3 Å². The van der Waals surface area contributed by atoms with Crippen molar-refractivity contribution in [2.45, 2.75) is 37.8 Å². The first-order valence-electron chi connectivity index (χ1n) is 9.93. The van der Waals surface area contributed by atoms with Gasteiger partial charge < -0.3 is 20.5 Å². The molecule has 0 aliphatic heterocycles. The molecule has 1 aromatic heterocycles. The third-order valence-electron chi connectivity index (χ3n) is 5.03. The van der Waals surface area contributed by atoms with Gasteiger partial charge in [-0.25, -0.2) is 0 Å². The Morgan fingerprint density at radius 2 is 1.97 bits per heavy atom. The Balaban J connectivity index is 1.42. The van der Waals surface area contributed by atoms with Crippen LogP contribution in [0, 0.1) is 5.92 Å². The Bertz CT molecular complexity index is 785. The summed E-state index contributed by atoms with van der Waals surface area (Å²) in [6, 6.07) is 12.6. The monoisotopic (exact) mass is 397 g/mol. The number of ether oxygens (including phenoxy) is 1. The first kappa shape index (κ1) is 20.8. The number of benzene rings is 1. The topological polar surface area (TPSA) is 101 Å². The van der Waals surface area contributed by atoms with Gasteiger partial charge in [0.2, 0.25) is 11.8 Å². The summed E-state index contributed by atoms with van der Waals surface area (Å²) in [6.45, 7) is 0.793. The molecule has 29 heavy (non-hydrogen) atoms. The zero-order valence-corrected chi connectivity index (χ0v) is 16.3. The number of aliphatic hydroxyl groups excluding tert-OH is 1. The third-order valence-corrected chi connectivity index (χ3v) is 5.03. The van der Waals surface area contributed by atoms with Crippen LogP contribution in [0.5, 0.6) is 5.75 Å². The number of hydrogen-bond donors (Lipinski definition) is 3. The first-order valence-corrected chi connectivity index (χ1v) is 9.93. The van der Waals surface area contributed by atoms with Gasteiger partial charge in [-0.2, -0.15) is 0 Å². The van der Waals surface area contributed by atoms with Gasteiger partial charge in [0.25, 0.3) is 0 Å². The predicted octanol–water partition coefficient (Wildman–Crippen LogP) is 1.47. The molecular formula is C22H27N3O4. The van der Waals surface area contributed by atoms with Gasteiger partial charge in [0.15, 0.2) is 0 Å². The number of rotatable bonds is 8. The fourth-order valence-electron chi connectivity index (χ4n) is 3.50. The molecule has 0 spiro atoms. The van der Waals surface area contributed by atoms with Gasteiger partial charge in [-0.3, -0.25) is 14.6 Å². The van der Waals surface area contributed by atoms with Gasteiger partial charge in [-0.15, -0.1) is 0 Å². The van der Waals surface area contributed by atoms with Gasteiger partial charge in [0.05, 0.1) is 25.1 Å². The highest BCUT2D eigenvalue weighted by Gasteiger charge is 2.33. The lowest BCUT2D eigenvalue weighted by Crippen LogP contribution is -2.50. The molecule has 2 aromatic rings. The number of carbonyl (C=O) groups is 2. The van der Waals surface area contributed by atoms with E-state index in [1.165, 1.54) is 0 Å². The molecule has 0 radical (unpaired) electrons. The van der Waals surface area contributed by atoms with Crippen molar-refractivity contribution in [1.29, 1.82) is 0 Å². The Kier molecular flexibility index (Phi) is 7.58. The lowest BCUT2D eigenvalue weighted by atomic mass is 9.83. The molecule has 1 aromatic carbocycles. The van der Waals surface area contributed by atoms with Crippen LogP contribution in [0.15, 0.2) is 54.9 Å². The Labute approximate surface area is 170 Å². The van der Waals surface area contributed by atoms with Gasteiger partial charge >= 0.3 is 0 Å². The highest BCUT2D eigenvalue weighted by molar-refractivity contribution is 5.80. The van der Waals surface area contributed by atoms with Crippen molar-refractivity contribution in [3.63, 3.8) is 0 Å². The second-order valence-corrected chi connectivity index (χ2v) is 7.24. The fraction of sp³-hybridized carbons (Fsp3) is 0.409. The maximum absolute atomic E-state index is 12.5. The molecule has 2 amide bonds. The molecule has 7 heteroatoms. The fourth-order valence-corrected chi connectivity index (χ4v) is 3.50. The first-order chi connectivity index (χ1) is 14.1. The molecule has 1 heterocycles. The van der Waals surface area contributed by atoms with Crippen LogP contribution in [0.25, 0.3) is 0 Å². The van der Waals surface area contributed by atoms with E-state index in [1.54, 1.807) is 18.5 Å². The van der Waals surface area contributed by atoms with Crippen molar-refractivity contribution in [3.8, 4) is 5.75 Å². The van der Waals surface area contributed by atoms with Crippen molar-refractivity contribution in [2.75, 3.05) is 13.2 Å². The number of nitrogens with one attached hydrogen (secondary N) is 2. The summed E-state index contributed by atoms with van der Waals surface area (Å²) >= 11 is 0. The molecule has 154 valence electrons. The summed E-state index contributed by atoms with van der Waals surface area (Å²) in [7, 11) is 0. The van der Waals surface area contributed by atoms with E-state index in [1.807, 2.05) is 36.4 Å². The molecule has 1 fully saturated rings. The summed E-state index contributed by atoms with van der Waals surface area (Å²) in [5, 5.41) is 16.0. The standard InChI is InChI=1S/C22H27N3O4/c26-20-9-8-17(22(28)24-11-12-29-18-6-2-1-3-7-18)14-19(20)25-21(27)13-16-5-4-10-23-15-16/h1-7,10,15,17,19-20,26H,8-9,11-14H2,(H,24,28)(H,25,27)/t17-,19+,20+/m0/s1. The molecule has 7 nitrogen and oxygen atoms in total. The third kappa shape index (κ3) is 6.57. The molecule has 1 aliphatic rings. The second kappa shape index (κ2) is 10.6. The zero-order chi connectivity index (χ0) is 20.5. The second-order valence-electron chi connectivity index (χ2n) is 7.24. The van der Waals surface area contributed by atoms with Crippen LogP contribution in [0.4, 0.5) is 0 Å². The van der Waals surface area contributed by atoms with Crippen molar-refractivity contribution >= 4 is 11.8 Å². The number of pyridine rings is 1. The summed E-state index contributed by atoms with van der Waals surface area (Å²) in [6.07, 6.45) is 4.36. The lowest BCUT2D eigenvalue weighted by Gasteiger charge is -2.33. The van der Waals surface area contributed by atoms with Gasteiger partial charge in [-0.1, -0.05) is 24.3 Å². The summed E-state index contributed by atoms with van der Waals surface area (Å²) in [4.78, 5) is 28.7. The summed E-state index contributed by atoms with van der Waals surface area (Å²) in [5.74, 6) is 0.275. The zero-order valence-electron chi connectivity index (χ0n) is 16.3. The minimum Gasteiger partial charge on any atom is -0.492 e. The van der Waals surface area contributed by atoms with E-state index < -0.39 is 12.1 Å². The average Bonchev–Trinajstić information content (AvgIpc) is 2.74. The molecule has 1 aliphatic carbocycles. The minimum absolute atomic E-state index is 0.0694. The maximum Gasteiger partial charge on any atom is 0.224 e. The van der Waals surface area contributed by atoms with Crippen LogP contribution >= 0.6 is 0 Å². The van der Waals surface area contributed by atoms with Crippen LogP contribution in [0.2, 0.25) is 0 Å². The van der Waals surface area contributed by atoms with Crippen molar-refractivity contribution in [2.24, 2.45) is 5.92 Å². The quantitative estimate of drug-likeness (QED) is 0.586. The molecule has 3 atom stereocenters. The SMILES string of the molecule is O=C(Cc1cccnc1)N[C@@H]1C[C@@H](C(=O)NCCOc2ccccc2)CC[C@H]1O. The van der Waals surface area contributed by atoms with Crippen LogP contribution in [0.3, 0.4) is 0 Å². The molecular weight excluding hydrogens is 370 g/mol. The highest BCUT2D eigenvalue weighted by Crippen LogP contribution is 2.25. The number of nitrogens with zero attached hydrogens (tertiary/aromatic N) is 1. The Morgan fingerprint density at radius 1 is 1.14 bits per heavy atom. The van der Waals surface area contributed by atoms with E-state index in [4.69, 9.17) is 4.74 Å². The van der Waals surface area contributed by atoms with E-state index in [0.29, 0.717) is 32.4 Å². The smallest absolute Gasteiger partial charge is 0.224 e. The summed E-state index contributed by atoms with van der Waals surface area (Å²) < 4.78 is 5.57. The normalized spacial score (nSPS) is 21.2. The van der Waals surface area contributed by atoms with Crippen LogP contribution in [-0.4, -0.2) is 47.2 Å². The molecule has 0 bridgehead atoms. The van der Waals surface area contributed by atoms with E-state index in [2.05, 4.69) is 15.6 Å². The van der Waals surface area contributed by atoms with Crippen LogP contribution in [-0.2, 0) is 16.0 Å². The van der Waals surface area contributed by atoms with E-state index in [-0.39, 0.29) is 24.2 Å². The van der Waals surface area contributed by atoms with Gasteiger partial charge in [0.1, 0.15) is 12.4 Å². The van der Waals surface area contributed by atoms with Crippen LogP contribution in [0.1, 0.15) is 24.8 Å². The van der Waals surface area contributed by atoms with E-state index >= 15 is 0 Å². The number of carbonyl (C=O) groups excluding carboxylic acids is 2. The molecule has 3 N–H and O–H groups in total. The van der Waals surface area contributed by atoms with Crippen molar-refractivity contribution in [3.05, 3.63) is 60.4 Å². The summed E-state index contributed by atoms with van der Waals surface area (Å²) in [5.41, 5.74) is 0.808. The van der Waals surface area contributed by atoms with E-state index in [9.17, 15) is 14.7 Å². The van der Waals surface area contributed by atoms with Crippen molar-refractivity contribution < 1.29 is 19.4 Å². The average molecular weight is 397 g/mol. The van der Waals surface area contributed by atoms with Gasteiger partial charge in [0, 0.05) is 18.3 Å². The van der Waals surface area contributed by atoms with Gasteiger partial charge in [-0.05, 0) is 43.0 Å². The molecule has 0 unspecified atom stereocenters. The number of hydrogen-bond acceptors (Lipinski definition) is 5. The molecule has 1 saturated carbocycles. The largest absolute Gasteiger partial charge is 0.492 e. The predicted molar refractivity (Wildman–Crippen MR) is 108 cm³/mol. The Morgan fingerprint density at radius 3 is 2.72 bits per heavy atom. The number of aromatic nitrogens is 1. The lowest BCUT2D eigenvalue weighted by molar-refractivity contribution is -0.129. The Hall–Kier alpha value is -2.93. The number of aliphatic hydroxyl groups is 1. The van der Waals surface area contributed by atoms with Crippen LogP contribution < -0.4 is 15.4 Å². The molecule has 0 saturated heterocycles.